The molecule has 3 heterocycles. The number of thioether (sulfide) groups is 1. The molecule has 1 saturated heterocycles. The van der Waals surface area contributed by atoms with Crippen LogP contribution in [0.1, 0.15) is 11.3 Å². The first kappa shape index (κ1) is 17.5. The van der Waals surface area contributed by atoms with Crippen LogP contribution in [0.3, 0.4) is 0 Å². The van der Waals surface area contributed by atoms with Gasteiger partial charge in [-0.05, 0) is 60.3 Å². The Morgan fingerprint density at radius 3 is 3.04 bits per heavy atom. The van der Waals surface area contributed by atoms with E-state index in [9.17, 15) is 9.59 Å². The van der Waals surface area contributed by atoms with Gasteiger partial charge < -0.3 is 9.40 Å². The molecule has 134 valence electrons. The van der Waals surface area contributed by atoms with Crippen molar-refractivity contribution >= 4 is 51.8 Å². The van der Waals surface area contributed by atoms with Crippen LogP contribution in [0.5, 0.6) is 0 Å². The van der Waals surface area contributed by atoms with Gasteiger partial charge in [0.1, 0.15) is 5.76 Å². The number of imidazole rings is 1. The van der Waals surface area contributed by atoms with E-state index >= 15 is 0 Å². The molecule has 0 unspecified atom stereocenters. The molecule has 4 rings (SSSR count). The van der Waals surface area contributed by atoms with Crippen LogP contribution < -0.4 is 0 Å². The summed E-state index contributed by atoms with van der Waals surface area (Å²) < 4.78 is 5.74. The van der Waals surface area contributed by atoms with Crippen LogP contribution in [0, 0.1) is 19.3 Å². The van der Waals surface area contributed by atoms with Crippen LogP contribution in [-0.4, -0.2) is 32.6 Å². The standard InChI is InChI=1S/C19H13N3O3S2/c1-3-8-22-17(23)15(26-19(22)24)10-12-5-7-16(25-12)27-18-20-13-6-4-11(2)9-14(13)21-18/h1,4-7,9-10H,8H2,2H3,(H,20,21)/b15-10+. The summed E-state index contributed by atoms with van der Waals surface area (Å²) in [6.45, 7) is 1.99. The lowest BCUT2D eigenvalue weighted by Crippen LogP contribution is -2.28. The van der Waals surface area contributed by atoms with E-state index in [-0.39, 0.29) is 11.8 Å². The van der Waals surface area contributed by atoms with Gasteiger partial charge in [0.15, 0.2) is 10.2 Å². The summed E-state index contributed by atoms with van der Waals surface area (Å²) in [5.41, 5.74) is 3.00. The van der Waals surface area contributed by atoms with Crippen molar-refractivity contribution in [3.63, 3.8) is 0 Å². The Hall–Kier alpha value is -2.89. The molecule has 0 atom stereocenters. The molecular formula is C19H13N3O3S2. The van der Waals surface area contributed by atoms with Gasteiger partial charge in [0.25, 0.3) is 11.1 Å². The number of hydrogen-bond donors (Lipinski definition) is 1. The summed E-state index contributed by atoms with van der Waals surface area (Å²) in [5, 5.41) is 0.966. The average Bonchev–Trinajstić information content (AvgIpc) is 3.30. The number of H-pyrrole nitrogens is 1. The molecular weight excluding hydrogens is 382 g/mol. The van der Waals surface area contributed by atoms with Crippen LogP contribution in [0.4, 0.5) is 4.79 Å². The quantitative estimate of drug-likeness (QED) is 0.525. The predicted molar refractivity (Wildman–Crippen MR) is 105 cm³/mol. The highest BCUT2D eigenvalue weighted by Crippen LogP contribution is 2.34. The van der Waals surface area contributed by atoms with Crippen molar-refractivity contribution in [3.05, 3.63) is 46.6 Å². The second kappa shape index (κ2) is 7.02. The third-order valence-corrected chi connectivity index (χ3v) is 5.53. The molecule has 6 nitrogen and oxygen atoms in total. The largest absolute Gasteiger partial charge is 0.450 e. The Morgan fingerprint density at radius 2 is 2.22 bits per heavy atom. The molecule has 1 aromatic carbocycles. The Balaban J connectivity index is 1.52. The maximum Gasteiger partial charge on any atom is 0.294 e. The van der Waals surface area contributed by atoms with Gasteiger partial charge in [-0.15, -0.1) is 6.42 Å². The lowest BCUT2D eigenvalue weighted by Gasteiger charge is -2.06. The number of rotatable bonds is 4. The number of benzene rings is 1. The number of amides is 2. The fourth-order valence-corrected chi connectivity index (χ4v) is 4.16. The predicted octanol–water partition coefficient (Wildman–Crippen LogP) is 4.29. The van der Waals surface area contributed by atoms with Crippen LogP contribution in [0.15, 0.2) is 49.9 Å². The zero-order chi connectivity index (χ0) is 19.0. The Kier molecular flexibility index (Phi) is 4.56. The fraction of sp³-hybridized carbons (Fsp3) is 0.105. The first-order valence-corrected chi connectivity index (χ1v) is 9.59. The highest BCUT2D eigenvalue weighted by molar-refractivity contribution is 8.18. The van der Waals surface area contributed by atoms with E-state index < -0.39 is 5.91 Å². The summed E-state index contributed by atoms with van der Waals surface area (Å²) in [6, 6.07) is 9.54. The third kappa shape index (κ3) is 3.52. The van der Waals surface area contributed by atoms with E-state index in [1.165, 1.54) is 11.8 Å². The second-order valence-corrected chi connectivity index (χ2v) is 7.78. The SMILES string of the molecule is C#CCN1C(=O)S/C(=C/c2ccc(Sc3nc4ccc(C)cc4[nH]3)o2)C1=O. The maximum atomic E-state index is 12.2. The van der Waals surface area contributed by atoms with Crippen LogP contribution in [-0.2, 0) is 4.79 Å². The minimum absolute atomic E-state index is 0.0349. The second-order valence-electron chi connectivity index (χ2n) is 5.79. The number of aromatic amines is 1. The molecule has 1 aliphatic rings. The molecule has 1 aliphatic heterocycles. The van der Waals surface area contributed by atoms with Gasteiger partial charge in [-0.3, -0.25) is 14.5 Å². The molecule has 0 radical (unpaired) electrons. The van der Waals surface area contributed by atoms with E-state index in [1.807, 2.05) is 25.1 Å². The monoisotopic (exact) mass is 395 g/mol. The van der Waals surface area contributed by atoms with Gasteiger partial charge in [0.05, 0.1) is 22.5 Å². The first-order chi connectivity index (χ1) is 13.0. The van der Waals surface area contributed by atoms with E-state index in [0.29, 0.717) is 20.9 Å². The normalized spacial score (nSPS) is 15.9. The molecule has 8 heteroatoms. The fourth-order valence-electron chi connectivity index (χ4n) is 2.57. The van der Waals surface area contributed by atoms with Gasteiger partial charge in [0.2, 0.25) is 0 Å². The molecule has 1 fully saturated rings. The summed E-state index contributed by atoms with van der Waals surface area (Å²) in [6.07, 6.45) is 6.74. The number of imide groups is 1. The van der Waals surface area contributed by atoms with Gasteiger partial charge in [-0.25, -0.2) is 4.98 Å². The Morgan fingerprint density at radius 1 is 1.37 bits per heavy atom. The minimum atomic E-state index is -0.402. The molecule has 0 saturated carbocycles. The van der Waals surface area contributed by atoms with Crippen LogP contribution >= 0.6 is 23.5 Å². The van der Waals surface area contributed by atoms with Crippen molar-refractivity contribution in [1.29, 1.82) is 0 Å². The number of aryl methyl sites for hydroxylation is 1. The van der Waals surface area contributed by atoms with Gasteiger partial charge in [0, 0.05) is 6.08 Å². The number of hydrogen-bond acceptors (Lipinski definition) is 6. The van der Waals surface area contributed by atoms with E-state index in [0.717, 1.165) is 33.3 Å². The van der Waals surface area contributed by atoms with E-state index in [2.05, 4.69) is 15.9 Å². The smallest absolute Gasteiger partial charge is 0.294 e. The van der Waals surface area contributed by atoms with Crippen molar-refractivity contribution in [2.75, 3.05) is 6.54 Å². The molecule has 2 aromatic heterocycles. The average molecular weight is 395 g/mol. The number of nitrogens with one attached hydrogen (secondary N) is 1. The van der Waals surface area contributed by atoms with E-state index in [1.54, 1.807) is 18.2 Å². The number of carbonyl (C=O) groups is 2. The molecule has 0 spiro atoms. The lowest BCUT2D eigenvalue weighted by molar-refractivity contribution is -0.122. The van der Waals surface area contributed by atoms with Crippen molar-refractivity contribution in [2.45, 2.75) is 17.2 Å². The third-order valence-electron chi connectivity index (χ3n) is 3.81. The van der Waals surface area contributed by atoms with Gasteiger partial charge in [-0.2, -0.15) is 0 Å². The minimum Gasteiger partial charge on any atom is -0.450 e. The van der Waals surface area contributed by atoms with E-state index in [4.69, 9.17) is 10.8 Å². The zero-order valence-corrected chi connectivity index (χ0v) is 15.8. The Bertz CT molecular complexity index is 1140. The lowest BCUT2D eigenvalue weighted by atomic mass is 10.2. The highest BCUT2D eigenvalue weighted by Gasteiger charge is 2.34. The van der Waals surface area contributed by atoms with Crippen molar-refractivity contribution < 1.29 is 14.0 Å². The van der Waals surface area contributed by atoms with Gasteiger partial charge in [-0.1, -0.05) is 12.0 Å². The summed E-state index contributed by atoms with van der Waals surface area (Å²) >= 11 is 2.20. The number of furan rings is 1. The Labute approximate surface area is 163 Å². The molecule has 2 amide bonds. The number of carbonyl (C=O) groups excluding carboxylic acids is 2. The summed E-state index contributed by atoms with van der Waals surface area (Å²) in [5.74, 6) is 2.39. The van der Waals surface area contributed by atoms with Crippen molar-refractivity contribution in [1.82, 2.24) is 14.9 Å². The number of nitrogens with zero attached hydrogens (tertiary/aromatic N) is 2. The number of aromatic nitrogens is 2. The molecule has 0 bridgehead atoms. The summed E-state index contributed by atoms with van der Waals surface area (Å²) in [4.78, 5) is 33.1. The van der Waals surface area contributed by atoms with Crippen molar-refractivity contribution in [2.24, 2.45) is 0 Å². The molecule has 3 aromatic rings. The molecule has 0 aliphatic carbocycles. The van der Waals surface area contributed by atoms with Crippen molar-refractivity contribution in [3.8, 4) is 12.3 Å². The van der Waals surface area contributed by atoms with Crippen LogP contribution in [0.2, 0.25) is 0 Å². The van der Waals surface area contributed by atoms with Crippen LogP contribution in [0.25, 0.3) is 17.1 Å². The molecule has 1 N–H and O–H groups in total. The topological polar surface area (TPSA) is 79.2 Å². The zero-order valence-electron chi connectivity index (χ0n) is 14.2. The number of terminal acetylenes is 1. The number of fused-ring (bicyclic) bond motifs is 1. The van der Waals surface area contributed by atoms with Gasteiger partial charge >= 0.3 is 0 Å². The highest BCUT2D eigenvalue weighted by atomic mass is 32.2. The maximum absolute atomic E-state index is 12.2. The first-order valence-electron chi connectivity index (χ1n) is 7.96. The molecule has 27 heavy (non-hydrogen) atoms. The summed E-state index contributed by atoms with van der Waals surface area (Å²) in [7, 11) is 0.